The Bertz CT molecular complexity index is 606. The Kier molecular flexibility index (Phi) is 4.69. The number of nitrogens with two attached hydrogens (primary N) is 1. The number of benzene rings is 1. The number of hydrogen-bond donors (Lipinski definition) is 1. The fourth-order valence-corrected chi connectivity index (χ4v) is 3.42. The minimum absolute atomic E-state index is 0.383. The van der Waals surface area contributed by atoms with Crippen molar-refractivity contribution in [2.24, 2.45) is 5.73 Å². The van der Waals surface area contributed by atoms with Gasteiger partial charge < -0.3 is 15.0 Å². The Morgan fingerprint density at radius 3 is 2.68 bits per heavy atom. The van der Waals surface area contributed by atoms with Crippen LogP contribution in [0.4, 0.5) is 0 Å². The third-order valence-corrected chi connectivity index (χ3v) is 4.90. The molecule has 1 saturated carbocycles. The van der Waals surface area contributed by atoms with Gasteiger partial charge in [0, 0.05) is 4.90 Å². The number of hydrogen-bond acceptors (Lipinski definition) is 6. The van der Waals surface area contributed by atoms with E-state index in [9.17, 15) is 0 Å². The Morgan fingerprint density at radius 1 is 1.27 bits per heavy atom. The molecule has 2 aromatic rings. The second kappa shape index (κ2) is 6.71. The molecule has 2 N–H and O–H groups in total. The SMILES string of the molecule is CCOc1ccc(SCc2nc(C3(N)CCCC3)no2)cc1. The summed E-state index contributed by atoms with van der Waals surface area (Å²) in [7, 11) is 0. The first-order valence-electron chi connectivity index (χ1n) is 7.67. The maximum Gasteiger partial charge on any atom is 0.237 e. The Hall–Kier alpha value is -1.53. The molecule has 22 heavy (non-hydrogen) atoms. The average Bonchev–Trinajstić information content (AvgIpc) is 3.17. The van der Waals surface area contributed by atoms with Crippen molar-refractivity contribution < 1.29 is 9.26 Å². The maximum atomic E-state index is 6.34. The predicted molar refractivity (Wildman–Crippen MR) is 85.8 cm³/mol. The summed E-state index contributed by atoms with van der Waals surface area (Å²) in [5.74, 6) is 2.83. The zero-order valence-electron chi connectivity index (χ0n) is 12.7. The molecule has 1 heterocycles. The standard InChI is InChI=1S/C16H21N3O2S/c1-2-20-12-5-7-13(8-6-12)22-11-14-18-15(19-21-14)16(17)9-3-4-10-16/h5-8H,2-4,9-11,17H2,1H3. The Balaban J connectivity index is 1.58. The normalized spacial score (nSPS) is 16.8. The monoisotopic (exact) mass is 319 g/mol. The highest BCUT2D eigenvalue weighted by Crippen LogP contribution is 2.35. The number of aromatic nitrogens is 2. The Morgan fingerprint density at radius 2 is 2.00 bits per heavy atom. The predicted octanol–water partition coefficient (Wildman–Crippen LogP) is 3.49. The van der Waals surface area contributed by atoms with Crippen molar-refractivity contribution in [2.45, 2.75) is 48.8 Å². The van der Waals surface area contributed by atoms with Gasteiger partial charge in [-0.15, -0.1) is 11.8 Å². The van der Waals surface area contributed by atoms with Crippen LogP contribution in [0.5, 0.6) is 5.75 Å². The summed E-state index contributed by atoms with van der Waals surface area (Å²) in [5.41, 5.74) is 5.96. The number of rotatable bonds is 6. The van der Waals surface area contributed by atoms with E-state index in [1.54, 1.807) is 11.8 Å². The van der Waals surface area contributed by atoms with Crippen LogP contribution in [0, 0.1) is 0 Å². The summed E-state index contributed by atoms with van der Waals surface area (Å²) >= 11 is 1.66. The zero-order chi connectivity index (χ0) is 15.4. The molecule has 1 fully saturated rings. The molecule has 118 valence electrons. The van der Waals surface area contributed by atoms with Gasteiger partial charge in [0.25, 0.3) is 0 Å². The van der Waals surface area contributed by atoms with E-state index in [1.807, 2.05) is 31.2 Å². The van der Waals surface area contributed by atoms with E-state index in [0.717, 1.165) is 36.3 Å². The van der Waals surface area contributed by atoms with Gasteiger partial charge in [0.05, 0.1) is 17.9 Å². The molecular formula is C16H21N3O2S. The van der Waals surface area contributed by atoms with Crippen molar-refractivity contribution in [1.29, 1.82) is 0 Å². The fraction of sp³-hybridized carbons (Fsp3) is 0.500. The molecule has 6 heteroatoms. The second-order valence-electron chi connectivity index (χ2n) is 5.57. The van der Waals surface area contributed by atoms with E-state index in [2.05, 4.69) is 10.1 Å². The van der Waals surface area contributed by atoms with Gasteiger partial charge in [-0.1, -0.05) is 18.0 Å². The van der Waals surface area contributed by atoms with Crippen LogP contribution in [0.15, 0.2) is 33.7 Å². The molecule has 1 aliphatic carbocycles. The third-order valence-electron chi connectivity index (χ3n) is 3.91. The highest BCUT2D eigenvalue weighted by Gasteiger charge is 2.35. The van der Waals surface area contributed by atoms with Crippen LogP contribution in [0.1, 0.15) is 44.3 Å². The molecule has 5 nitrogen and oxygen atoms in total. The van der Waals surface area contributed by atoms with Gasteiger partial charge in [0.15, 0.2) is 5.82 Å². The highest BCUT2D eigenvalue weighted by molar-refractivity contribution is 7.98. The molecule has 0 spiro atoms. The first-order valence-corrected chi connectivity index (χ1v) is 8.66. The average molecular weight is 319 g/mol. The van der Waals surface area contributed by atoms with Crippen molar-refractivity contribution in [3.05, 3.63) is 36.0 Å². The largest absolute Gasteiger partial charge is 0.494 e. The molecule has 1 aromatic heterocycles. The molecule has 0 amide bonds. The molecule has 1 aromatic carbocycles. The number of nitrogens with zero attached hydrogens (tertiary/aromatic N) is 2. The molecule has 0 bridgehead atoms. The van der Waals surface area contributed by atoms with Crippen LogP contribution < -0.4 is 10.5 Å². The summed E-state index contributed by atoms with van der Waals surface area (Å²) in [6, 6.07) is 8.01. The first-order chi connectivity index (χ1) is 10.7. The van der Waals surface area contributed by atoms with E-state index >= 15 is 0 Å². The van der Waals surface area contributed by atoms with Crippen LogP contribution >= 0.6 is 11.8 Å². The van der Waals surface area contributed by atoms with Crippen molar-refractivity contribution in [1.82, 2.24) is 10.1 Å². The summed E-state index contributed by atoms with van der Waals surface area (Å²) < 4.78 is 10.8. The van der Waals surface area contributed by atoms with Crippen LogP contribution in [-0.4, -0.2) is 16.7 Å². The molecular weight excluding hydrogens is 298 g/mol. The van der Waals surface area contributed by atoms with Gasteiger partial charge in [-0.3, -0.25) is 0 Å². The van der Waals surface area contributed by atoms with E-state index in [0.29, 0.717) is 24.1 Å². The molecule has 0 unspecified atom stereocenters. The van der Waals surface area contributed by atoms with Crippen molar-refractivity contribution in [2.75, 3.05) is 6.61 Å². The molecule has 0 aliphatic heterocycles. The lowest BCUT2D eigenvalue weighted by Crippen LogP contribution is -2.34. The summed E-state index contributed by atoms with van der Waals surface area (Å²) in [6.07, 6.45) is 4.17. The van der Waals surface area contributed by atoms with Crippen LogP contribution in [-0.2, 0) is 11.3 Å². The van der Waals surface area contributed by atoms with E-state index in [1.165, 1.54) is 0 Å². The number of ether oxygens (including phenoxy) is 1. The molecule has 3 rings (SSSR count). The number of thioether (sulfide) groups is 1. The first kappa shape index (κ1) is 15.4. The van der Waals surface area contributed by atoms with Crippen molar-refractivity contribution in [3.8, 4) is 5.75 Å². The van der Waals surface area contributed by atoms with Crippen LogP contribution in [0.3, 0.4) is 0 Å². The summed E-state index contributed by atoms with van der Waals surface area (Å²) in [4.78, 5) is 5.62. The lowest BCUT2D eigenvalue weighted by molar-refractivity contribution is 0.340. The summed E-state index contributed by atoms with van der Waals surface area (Å²) in [5, 5.41) is 4.08. The topological polar surface area (TPSA) is 74.2 Å². The zero-order valence-corrected chi connectivity index (χ0v) is 13.6. The van der Waals surface area contributed by atoms with Gasteiger partial charge in [-0.25, -0.2) is 0 Å². The lowest BCUT2D eigenvalue weighted by Gasteiger charge is -2.17. The smallest absolute Gasteiger partial charge is 0.237 e. The minimum atomic E-state index is -0.383. The molecule has 0 atom stereocenters. The molecule has 0 radical (unpaired) electrons. The van der Waals surface area contributed by atoms with Gasteiger partial charge in [0.1, 0.15) is 5.75 Å². The Labute approximate surface area is 134 Å². The quantitative estimate of drug-likeness (QED) is 0.822. The van der Waals surface area contributed by atoms with Gasteiger partial charge in [-0.2, -0.15) is 4.98 Å². The van der Waals surface area contributed by atoms with Crippen LogP contribution in [0.2, 0.25) is 0 Å². The van der Waals surface area contributed by atoms with E-state index in [-0.39, 0.29) is 5.54 Å². The fourth-order valence-electron chi connectivity index (χ4n) is 2.69. The van der Waals surface area contributed by atoms with Crippen LogP contribution in [0.25, 0.3) is 0 Å². The summed E-state index contributed by atoms with van der Waals surface area (Å²) in [6.45, 7) is 2.66. The van der Waals surface area contributed by atoms with Gasteiger partial charge >= 0.3 is 0 Å². The second-order valence-corrected chi connectivity index (χ2v) is 6.62. The van der Waals surface area contributed by atoms with Gasteiger partial charge in [-0.05, 0) is 44.0 Å². The van der Waals surface area contributed by atoms with Crippen molar-refractivity contribution >= 4 is 11.8 Å². The van der Waals surface area contributed by atoms with Crippen molar-refractivity contribution in [3.63, 3.8) is 0 Å². The van der Waals surface area contributed by atoms with E-state index in [4.69, 9.17) is 15.0 Å². The lowest BCUT2D eigenvalue weighted by atomic mass is 9.99. The van der Waals surface area contributed by atoms with E-state index < -0.39 is 0 Å². The maximum absolute atomic E-state index is 6.34. The van der Waals surface area contributed by atoms with Gasteiger partial charge in [0.2, 0.25) is 5.89 Å². The molecule has 0 saturated heterocycles. The highest BCUT2D eigenvalue weighted by atomic mass is 32.2. The molecule has 1 aliphatic rings. The third kappa shape index (κ3) is 3.44. The minimum Gasteiger partial charge on any atom is -0.494 e.